The number of benzene rings is 1. The molecule has 3 rings (SSSR count). The molecule has 1 aromatic rings. The van der Waals surface area contributed by atoms with Crippen LogP contribution in [0.1, 0.15) is 24.8 Å². The SMILES string of the molecule is O=C(NC1CCC12CCNC2)OCc1ccccc1. The summed E-state index contributed by atoms with van der Waals surface area (Å²) in [4.78, 5) is 11.8. The molecule has 2 aliphatic rings. The number of carbonyl (C=O) groups is 1. The molecule has 1 heterocycles. The van der Waals surface area contributed by atoms with Crippen molar-refractivity contribution in [2.24, 2.45) is 5.41 Å². The first kappa shape index (κ1) is 12.5. The van der Waals surface area contributed by atoms with Gasteiger partial charge < -0.3 is 15.4 Å². The fourth-order valence-electron chi connectivity index (χ4n) is 3.10. The second kappa shape index (κ2) is 5.21. The molecule has 0 bridgehead atoms. The standard InChI is InChI=1S/C15H20N2O2/c18-14(19-10-12-4-2-1-3-5-12)17-13-6-7-15(13)8-9-16-11-15/h1-5,13,16H,6-11H2,(H,17,18). The predicted molar refractivity (Wildman–Crippen MR) is 72.7 cm³/mol. The van der Waals surface area contributed by atoms with Crippen molar-refractivity contribution < 1.29 is 9.53 Å². The number of carbonyl (C=O) groups excluding carboxylic acids is 1. The van der Waals surface area contributed by atoms with Crippen LogP contribution < -0.4 is 10.6 Å². The maximum atomic E-state index is 11.8. The first-order valence-electron chi connectivity index (χ1n) is 6.96. The molecule has 19 heavy (non-hydrogen) atoms. The van der Waals surface area contributed by atoms with Gasteiger partial charge in [0.2, 0.25) is 0 Å². The number of alkyl carbamates (subject to hydrolysis) is 1. The van der Waals surface area contributed by atoms with E-state index in [1.54, 1.807) is 0 Å². The zero-order chi connectivity index (χ0) is 13.1. The van der Waals surface area contributed by atoms with Crippen LogP contribution in [0.4, 0.5) is 4.79 Å². The van der Waals surface area contributed by atoms with Crippen LogP contribution in [0.25, 0.3) is 0 Å². The average molecular weight is 260 g/mol. The number of amides is 1. The van der Waals surface area contributed by atoms with Crippen molar-refractivity contribution in [3.63, 3.8) is 0 Å². The molecule has 1 saturated carbocycles. The van der Waals surface area contributed by atoms with Crippen LogP contribution in [0.3, 0.4) is 0 Å². The van der Waals surface area contributed by atoms with E-state index in [-0.39, 0.29) is 12.1 Å². The topological polar surface area (TPSA) is 50.4 Å². The first-order chi connectivity index (χ1) is 9.28. The molecule has 2 atom stereocenters. The van der Waals surface area contributed by atoms with E-state index in [1.165, 1.54) is 6.42 Å². The maximum Gasteiger partial charge on any atom is 0.407 e. The highest BCUT2D eigenvalue weighted by Gasteiger charge is 2.49. The summed E-state index contributed by atoms with van der Waals surface area (Å²) in [5.41, 5.74) is 1.31. The molecule has 4 heteroatoms. The predicted octanol–water partition coefficient (Wildman–Crippen LogP) is 2.05. The molecular weight excluding hydrogens is 240 g/mol. The van der Waals surface area contributed by atoms with Gasteiger partial charge in [-0.1, -0.05) is 30.3 Å². The van der Waals surface area contributed by atoms with Crippen molar-refractivity contribution in [2.45, 2.75) is 31.9 Å². The number of hydrogen-bond acceptors (Lipinski definition) is 3. The Morgan fingerprint density at radius 1 is 1.37 bits per heavy atom. The lowest BCUT2D eigenvalue weighted by molar-refractivity contribution is 0.0707. The normalized spacial score (nSPS) is 28.9. The first-order valence-corrected chi connectivity index (χ1v) is 6.96. The van der Waals surface area contributed by atoms with Crippen molar-refractivity contribution in [2.75, 3.05) is 13.1 Å². The van der Waals surface area contributed by atoms with Crippen LogP contribution in [0.5, 0.6) is 0 Å². The van der Waals surface area contributed by atoms with E-state index in [0.717, 1.165) is 31.5 Å². The van der Waals surface area contributed by atoms with Crippen molar-refractivity contribution >= 4 is 6.09 Å². The van der Waals surface area contributed by atoms with E-state index in [4.69, 9.17) is 4.74 Å². The summed E-state index contributed by atoms with van der Waals surface area (Å²) in [5, 5.41) is 6.40. The molecule has 2 unspecified atom stereocenters. The lowest BCUT2D eigenvalue weighted by Gasteiger charge is -2.46. The molecule has 4 nitrogen and oxygen atoms in total. The summed E-state index contributed by atoms with van der Waals surface area (Å²) in [6, 6.07) is 10.0. The van der Waals surface area contributed by atoms with Gasteiger partial charge in [0.1, 0.15) is 6.61 Å². The third-order valence-corrected chi connectivity index (χ3v) is 4.45. The second-order valence-corrected chi connectivity index (χ2v) is 5.59. The van der Waals surface area contributed by atoms with E-state index in [2.05, 4.69) is 10.6 Å². The van der Waals surface area contributed by atoms with E-state index >= 15 is 0 Å². The minimum absolute atomic E-state index is 0.283. The lowest BCUT2D eigenvalue weighted by Crippen LogP contribution is -2.56. The van der Waals surface area contributed by atoms with Gasteiger partial charge in [-0.05, 0) is 31.4 Å². The highest BCUT2D eigenvalue weighted by atomic mass is 16.5. The van der Waals surface area contributed by atoms with E-state index in [1.807, 2.05) is 30.3 Å². The Morgan fingerprint density at radius 3 is 2.84 bits per heavy atom. The fraction of sp³-hybridized carbons (Fsp3) is 0.533. The number of ether oxygens (including phenoxy) is 1. The zero-order valence-electron chi connectivity index (χ0n) is 11.0. The third kappa shape index (κ3) is 2.59. The maximum absolute atomic E-state index is 11.8. The van der Waals surface area contributed by atoms with Gasteiger partial charge in [-0.25, -0.2) is 4.79 Å². The highest BCUT2D eigenvalue weighted by Crippen LogP contribution is 2.45. The van der Waals surface area contributed by atoms with Gasteiger partial charge in [0.15, 0.2) is 0 Å². The van der Waals surface area contributed by atoms with Crippen LogP contribution in [-0.4, -0.2) is 25.2 Å². The zero-order valence-corrected chi connectivity index (χ0v) is 11.0. The van der Waals surface area contributed by atoms with Crippen LogP contribution in [0.15, 0.2) is 30.3 Å². The van der Waals surface area contributed by atoms with Gasteiger partial charge in [-0.2, -0.15) is 0 Å². The minimum Gasteiger partial charge on any atom is -0.445 e. The summed E-state index contributed by atoms with van der Waals surface area (Å²) in [6.07, 6.45) is 3.15. The molecule has 0 radical (unpaired) electrons. The molecule has 0 aromatic heterocycles. The Hall–Kier alpha value is -1.55. The van der Waals surface area contributed by atoms with Crippen molar-refractivity contribution in [1.29, 1.82) is 0 Å². The molecule has 1 aromatic carbocycles. The summed E-state index contributed by atoms with van der Waals surface area (Å²) in [6.45, 7) is 2.43. The third-order valence-electron chi connectivity index (χ3n) is 4.45. The van der Waals surface area contributed by atoms with Gasteiger partial charge in [0, 0.05) is 18.0 Å². The molecule has 2 fully saturated rings. The molecule has 1 amide bonds. The van der Waals surface area contributed by atoms with Crippen molar-refractivity contribution in [3.05, 3.63) is 35.9 Å². The fourth-order valence-corrected chi connectivity index (χ4v) is 3.10. The Morgan fingerprint density at radius 2 is 2.21 bits per heavy atom. The molecule has 1 aliphatic carbocycles. The number of rotatable bonds is 3. The smallest absolute Gasteiger partial charge is 0.407 e. The Bertz CT molecular complexity index is 441. The van der Waals surface area contributed by atoms with Crippen LogP contribution in [0, 0.1) is 5.41 Å². The summed E-state index contributed by atoms with van der Waals surface area (Å²) in [7, 11) is 0. The van der Waals surface area contributed by atoms with Gasteiger partial charge >= 0.3 is 6.09 Å². The van der Waals surface area contributed by atoms with Crippen LogP contribution >= 0.6 is 0 Å². The highest BCUT2D eigenvalue weighted by molar-refractivity contribution is 5.68. The Balaban J connectivity index is 1.47. The largest absolute Gasteiger partial charge is 0.445 e. The monoisotopic (exact) mass is 260 g/mol. The van der Waals surface area contributed by atoms with E-state index < -0.39 is 0 Å². The second-order valence-electron chi connectivity index (χ2n) is 5.59. The molecule has 1 spiro atoms. The van der Waals surface area contributed by atoms with Gasteiger partial charge in [0.05, 0.1) is 0 Å². The minimum atomic E-state index is -0.292. The Labute approximate surface area is 113 Å². The van der Waals surface area contributed by atoms with Crippen molar-refractivity contribution in [1.82, 2.24) is 10.6 Å². The molecule has 1 saturated heterocycles. The van der Waals surface area contributed by atoms with Gasteiger partial charge in [0.25, 0.3) is 0 Å². The van der Waals surface area contributed by atoms with Crippen LogP contribution in [0.2, 0.25) is 0 Å². The molecule has 2 N–H and O–H groups in total. The summed E-state index contributed by atoms with van der Waals surface area (Å²) < 4.78 is 5.27. The van der Waals surface area contributed by atoms with Crippen LogP contribution in [-0.2, 0) is 11.3 Å². The molecular formula is C15H20N2O2. The average Bonchev–Trinajstić information content (AvgIpc) is 2.94. The Kier molecular flexibility index (Phi) is 3.42. The van der Waals surface area contributed by atoms with Gasteiger partial charge in [-0.3, -0.25) is 0 Å². The van der Waals surface area contributed by atoms with Gasteiger partial charge in [-0.15, -0.1) is 0 Å². The number of hydrogen-bond donors (Lipinski definition) is 2. The molecule has 102 valence electrons. The quantitative estimate of drug-likeness (QED) is 0.874. The van der Waals surface area contributed by atoms with Crippen molar-refractivity contribution in [3.8, 4) is 0 Å². The molecule has 1 aliphatic heterocycles. The lowest BCUT2D eigenvalue weighted by atomic mass is 9.64. The summed E-state index contributed by atoms with van der Waals surface area (Å²) in [5.74, 6) is 0. The number of nitrogens with one attached hydrogen (secondary N) is 2. The van der Waals surface area contributed by atoms with E-state index in [9.17, 15) is 4.79 Å². The van der Waals surface area contributed by atoms with E-state index in [0.29, 0.717) is 12.0 Å². The summed E-state index contributed by atoms with van der Waals surface area (Å²) >= 11 is 0.